The minimum atomic E-state index is -2.99. The topological polar surface area (TPSA) is 92.4 Å². The fourth-order valence-electron chi connectivity index (χ4n) is 2.45. The first-order valence-electron chi connectivity index (χ1n) is 6.60. The summed E-state index contributed by atoms with van der Waals surface area (Å²) in [4.78, 5) is 4.03. The summed E-state index contributed by atoms with van der Waals surface area (Å²) in [7, 11) is -2.99. The van der Waals surface area contributed by atoms with E-state index in [1.165, 1.54) is 0 Å². The summed E-state index contributed by atoms with van der Waals surface area (Å²) < 4.78 is 24.7. The first kappa shape index (κ1) is 14.1. The van der Waals surface area contributed by atoms with E-state index < -0.39 is 11.0 Å². The zero-order chi connectivity index (χ0) is 15.0. The van der Waals surface area contributed by atoms with Crippen LogP contribution < -0.4 is 9.03 Å². The van der Waals surface area contributed by atoms with Gasteiger partial charge < -0.3 is 0 Å². The Morgan fingerprint density at radius 1 is 1.43 bits per heavy atom. The number of pyridine rings is 1. The van der Waals surface area contributed by atoms with Crippen LogP contribution in [0.1, 0.15) is 12.6 Å². The molecule has 1 fully saturated rings. The first-order valence-corrected chi connectivity index (χ1v) is 8.11. The quantitative estimate of drug-likeness (QED) is 0.750. The zero-order valence-electron chi connectivity index (χ0n) is 11.5. The van der Waals surface area contributed by atoms with Crippen molar-refractivity contribution in [3.63, 3.8) is 0 Å². The molecule has 1 aliphatic rings. The fourth-order valence-corrected chi connectivity index (χ4v) is 3.98. The van der Waals surface area contributed by atoms with Crippen molar-refractivity contribution < 1.29 is 9.11 Å². The van der Waals surface area contributed by atoms with Crippen LogP contribution in [0.3, 0.4) is 0 Å². The lowest BCUT2D eigenvalue weighted by molar-refractivity contribution is 0.424. The molecule has 0 bridgehead atoms. The van der Waals surface area contributed by atoms with Crippen LogP contribution in [0.5, 0.6) is 0 Å². The summed E-state index contributed by atoms with van der Waals surface area (Å²) in [6, 6.07) is 9.31. The van der Waals surface area contributed by atoms with Gasteiger partial charge in [0.15, 0.2) is 0 Å². The average Bonchev–Trinajstić information content (AvgIpc) is 2.48. The van der Waals surface area contributed by atoms with Crippen molar-refractivity contribution in [2.45, 2.75) is 6.92 Å². The van der Waals surface area contributed by atoms with Crippen LogP contribution in [0.25, 0.3) is 10.8 Å². The van der Waals surface area contributed by atoms with Gasteiger partial charge in [0.05, 0.1) is 5.69 Å². The van der Waals surface area contributed by atoms with E-state index in [4.69, 9.17) is 5.26 Å². The first-order chi connectivity index (χ1) is 10.0. The number of hydrogen-bond acceptors (Lipinski definition) is 6. The number of benzene rings is 1. The molecule has 0 amide bonds. The Balaban J connectivity index is 2.07. The van der Waals surface area contributed by atoms with E-state index >= 15 is 0 Å². The Labute approximate surface area is 124 Å². The highest BCUT2D eigenvalue weighted by molar-refractivity contribution is 8.23. The highest BCUT2D eigenvalue weighted by Crippen LogP contribution is 2.45. The van der Waals surface area contributed by atoms with Crippen molar-refractivity contribution >= 4 is 27.4 Å². The normalized spacial score (nSPS) is 22.8. The molecule has 0 unspecified atom stereocenters. The number of nitrogens with one attached hydrogen (secondary N) is 1. The van der Waals surface area contributed by atoms with E-state index in [0.29, 0.717) is 24.7 Å². The van der Waals surface area contributed by atoms with Crippen molar-refractivity contribution in [2.24, 2.45) is 5.92 Å². The van der Waals surface area contributed by atoms with Gasteiger partial charge in [-0.2, -0.15) is 5.26 Å². The third kappa shape index (κ3) is 2.54. The molecule has 0 spiro atoms. The van der Waals surface area contributed by atoms with Gasteiger partial charge in [-0.25, -0.2) is 9.71 Å². The van der Waals surface area contributed by atoms with Crippen molar-refractivity contribution in [3.8, 4) is 6.07 Å². The number of nitrogens with zero attached hydrogens (tertiary/aromatic N) is 3. The second-order valence-electron chi connectivity index (χ2n) is 5.21. The van der Waals surface area contributed by atoms with Gasteiger partial charge in [-0.05, 0) is 35.6 Å². The smallest absolute Gasteiger partial charge is 0.148 e. The minimum absolute atomic E-state index is 0.313. The predicted molar refractivity (Wildman–Crippen MR) is 83.8 cm³/mol. The standard InChI is InChI=1S/C14H16N4O2S/c1-10-8-17-21(19,20)18(9-10)12-2-3-13-11(6-12)4-5-16-14(13)7-15/h2-6,10,17,19-20H,8-9H2,1H3/t10-/m1/s1. The van der Waals surface area contributed by atoms with Gasteiger partial charge in [-0.1, -0.05) is 17.9 Å². The molecule has 3 N–H and O–H groups in total. The molecule has 21 heavy (non-hydrogen) atoms. The van der Waals surface area contributed by atoms with Crippen LogP contribution in [-0.4, -0.2) is 27.2 Å². The summed E-state index contributed by atoms with van der Waals surface area (Å²) in [5.74, 6) is 0.313. The second kappa shape index (κ2) is 5.16. The van der Waals surface area contributed by atoms with Crippen molar-refractivity contribution in [2.75, 3.05) is 17.4 Å². The average molecular weight is 304 g/mol. The van der Waals surface area contributed by atoms with E-state index in [2.05, 4.69) is 15.8 Å². The van der Waals surface area contributed by atoms with Crippen LogP contribution in [0.4, 0.5) is 5.69 Å². The lowest BCUT2D eigenvalue weighted by Crippen LogP contribution is -2.47. The highest BCUT2D eigenvalue weighted by Gasteiger charge is 2.30. The Morgan fingerprint density at radius 2 is 2.24 bits per heavy atom. The molecule has 1 aliphatic heterocycles. The molecular weight excluding hydrogens is 288 g/mol. The molecule has 3 rings (SSSR count). The van der Waals surface area contributed by atoms with Gasteiger partial charge in [0.1, 0.15) is 11.8 Å². The molecule has 0 radical (unpaired) electrons. The zero-order valence-corrected chi connectivity index (χ0v) is 12.3. The number of aromatic nitrogens is 1. The molecule has 1 atom stereocenters. The van der Waals surface area contributed by atoms with Gasteiger partial charge in [-0.3, -0.25) is 13.4 Å². The maximum atomic E-state index is 10.2. The lowest BCUT2D eigenvalue weighted by Gasteiger charge is -2.49. The van der Waals surface area contributed by atoms with Gasteiger partial charge in [0.2, 0.25) is 0 Å². The van der Waals surface area contributed by atoms with E-state index in [-0.39, 0.29) is 0 Å². The van der Waals surface area contributed by atoms with E-state index in [9.17, 15) is 9.11 Å². The number of rotatable bonds is 1. The van der Waals surface area contributed by atoms with E-state index in [1.54, 1.807) is 22.6 Å². The number of nitriles is 1. The van der Waals surface area contributed by atoms with Gasteiger partial charge >= 0.3 is 0 Å². The van der Waals surface area contributed by atoms with Crippen molar-refractivity contribution in [3.05, 3.63) is 36.2 Å². The Morgan fingerprint density at radius 3 is 3.00 bits per heavy atom. The van der Waals surface area contributed by atoms with Gasteiger partial charge in [-0.15, -0.1) is 0 Å². The lowest BCUT2D eigenvalue weighted by atomic mass is 10.1. The Hall–Kier alpha value is -1.85. The predicted octanol–water partition coefficient (Wildman–Crippen LogP) is 2.73. The number of hydrogen-bond donors (Lipinski definition) is 3. The van der Waals surface area contributed by atoms with Crippen LogP contribution in [-0.2, 0) is 0 Å². The SMILES string of the molecule is C[C@@H]1CNS(O)(O)N(c2ccc3c(C#N)nccc3c2)C1. The van der Waals surface area contributed by atoms with Gasteiger partial charge in [0.25, 0.3) is 0 Å². The summed E-state index contributed by atoms with van der Waals surface area (Å²) in [6.45, 7) is 3.19. The molecule has 7 heteroatoms. The Kier molecular flexibility index (Phi) is 3.47. The van der Waals surface area contributed by atoms with E-state index in [1.807, 2.05) is 19.1 Å². The monoisotopic (exact) mass is 304 g/mol. The van der Waals surface area contributed by atoms with Crippen molar-refractivity contribution in [1.29, 1.82) is 5.26 Å². The van der Waals surface area contributed by atoms with E-state index in [0.717, 1.165) is 16.5 Å². The Bertz CT molecular complexity index is 728. The maximum absolute atomic E-state index is 10.2. The summed E-state index contributed by atoms with van der Waals surface area (Å²) in [5.41, 5.74) is 1.09. The molecule has 1 aromatic heterocycles. The van der Waals surface area contributed by atoms with Crippen LogP contribution in [0.2, 0.25) is 0 Å². The van der Waals surface area contributed by atoms with Gasteiger partial charge in [0, 0.05) is 24.7 Å². The third-order valence-corrected chi connectivity index (χ3v) is 5.08. The maximum Gasteiger partial charge on any atom is 0.148 e. The molecule has 0 aliphatic carbocycles. The number of fused-ring (bicyclic) bond motifs is 1. The van der Waals surface area contributed by atoms with Crippen LogP contribution in [0.15, 0.2) is 30.5 Å². The summed E-state index contributed by atoms with van der Waals surface area (Å²) >= 11 is 0. The molecule has 1 aromatic carbocycles. The number of anilines is 1. The van der Waals surface area contributed by atoms with Crippen LogP contribution in [0, 0.1) is 17.2 Å². The largest absolute Gasteiger partial charge is 0.269 e. The molecular formula is C14H16N4O2S. The van der Waals surface area contributed by atoms with Crippen LogP contribution >= 0.6 is 11.0 Å². The molecule has 110 valence electrons. The molecule has 0 saturated carbocycles. The highest BCUT2D eigenvalue weighted by atomic mass is 32.3. The molecule has 1 saturated heterocycles. The molecule has 2 aromatic rings. The second-order valence-corrected chi connectivity index (χ2v) is 6.98. The summed E-state index contributed by atoms with van der Waals surface area (Å²) in [6.07, 6.45) is 1.58. The molecule has 6 nitrogen and oxygen atoms in total. The van der Waals surface area contributed by atoms with Crippen molar-refractivity contribution in [1.82, 2.24) is 9.71 Å². The molecule has 2 heterocycles. The minimum Gasteiger partial charge on any atom is -0.269 e. The third-order valence-electron chi connectivity index (χ3n) is 3.55. The fraction of sp³-hybridized carbons (Fsp3) is 0.286. The summed E-state index contributed by atoms with van der Waals surface area (Å²) in [5, 5.41) is 10.7.